The molecule has 0 aliphatic heterocycles. The van der Waals surface area contributed by atoms with Gasteiger partial charge in [-0.05, 0) is 6.42 Å². The number of nitrogens with zero attached hydrogens (tertiary/aromatic N) is 2. The molecule has 102 valence electrons. The second-order valence-electron chi connectivity index (χ2n) is 4.12. The summed E-state index contributed by atoms with van der Waals surface area (Å²) < 4.78 is 0. The molecule has 4 N–H and O–H groups in total. The quantitative estimate of drug-likeness (QED) is 0.531. The zero-order valence-electron chi connectivity index (χ0n) is 10.2. The predicted octanol–water partition coefficient (Wildman–Crippen LogP) is 0.210. The highest BCUT2D eigenvalue weighted by Gasteiger charge is 2.28. The summed E-state index contributed by atoms with van der Waals surface area (Å²) in [5, 5.41) is 30.7. The van der Waals surface area contributed by atoms with Crippen molar-refractivity contribution in [1.29, 1.82) is 0 Å². The maximum absolute atomic E-state index is 9.22. The van der Waals surface area contributed by atoms with Gasteiger partial charge in [-0.3, -0.25) is 0 Å². The van der Waals surface area contributed by atoms with E-state index in [2.05, 4.69) is 15.3 Å². The summed E-state index contributed by atoms with van der Waals surface area (Å²) in [4.78, 5) is 8.27. The number of aliphatic hydroxyl groups is 3. The second kappa shape index (κ2) is 6.84. The first-order valence-electron chi connectivity index (χ1n) is 5.73. The lowest BCUT2D eigenvalue weighted by Gasteiger charge is -2.29. The molecule has 18 heavy (non-hydrogen) atoms. The first-order valence-corrected chi connectivity index (χ1v) is 6.11. The van der Waals surface area contributed by atoms with E-state index in [-0.39, 0.29) is 5.15 Å². The minimum absolute atomic E-state index is 0.277. The van der Waals surface area contributed by atoms with Gasteiger partial charge in [-0.2, -0.15) is 0 Å². The number of hydrogen-bond acceptors (Lipinski definition) is 6. The average molecular weight is 276 g/mol. The van der Waals surface area contributed by atoms with E-state index in [1.165, 1.54) is 6.07 Å². The fourth-order valence-electron chi connectivity index (χ4n) is 1.40. The van der Waals surface area contributed by atoms with Gasteiger partial charge < -0.3 is 20.6 Å². The van der Waals surface area contributed by atoms with Crippen molar-refractivity contribution in [2.45, 2.75) is 25.3 Å². The number of rotatable bonds is 7. The summed E-state index contributed by atoms with van der Waals surface area (Å²) >= 11 is 5.87. The summed E-state index contributed by atoms with van der Waals surface area (Å²) in [5.41, 5.74) is -1.22. The van der Waals surface area contributed by atoms with Crippen LogP contribution < -0.4 is 5.32 Å². The van der Waals surface area contributed by atoms with E-state index in [9.17, 15) is 15.3 Å². The van der Waals surface area contributed by atoms with E-state index < -0.39 is 25.4 Å². The van der Waals surface area contributed by atoms with Gasteiger partial charge in [-0.25, -0.2) is 9.97 Å². The fraction of sp³-hybridized carbons (Fsp3) is 0.636. The van der Waals surface area contributed by atoms with Gasteiger partial charge in [0.1, 0.15) is 22.3 Å². The predicted molar refractivity (Wildman–Crippen MR) is 68.6 cm³/mol. The molecule has 0 aliphatic rings. The average Bonchev–Trinajstić information content (AvgIpc) is 2.36. The third-order valence-corrected chi connectivity index (χ3v) is 2.71. The summed E-state index contributed by atoms with van der Waals surface area (Å²) in [7, 11) is 0. The van der Waals surface area contributed by atoms with Crippen molar-refractivity contribution in [2.75, 3.05) is 25.1 Å². The van der Waals surface area contributed by atoms with Gasteiger partial charge in [-0.15, -0.1) is 0 Å². The number of hydrogen-bond donors (Lipinski definition) is 4. The van der Waals surface area contributed by atoms with Crippen LogP contribution in [0.5, 0.6) is 0 Å². The Labute approximate surface area is 111 Å². The Bertz CT molecular complexity index is 378. The van der Waals surface area contributed by atoms with Gasteiger partial charge in [0.05, 0.1) is 19.8 Å². The van der Waals surface area contributed by atoms with Gasteiger partial charge in [-0.1, -0.05) is 18.5 Å². The highest BCUT2D eigenvalue weighted by molar-refractivity contribution is 6.29. The van der Waals surface area contributed by atoms with E-state index in [4.69, 9.17) is 11.6 Å². The molecular weight excluding hydrogens is 258 g/mol. The van der Waals surface area contributed by atoms with E-state index >= 15 is 0 Å². The van der Waals surface area contributed by atoms with Gasteiger partial charge in [0.15, 0.2) is 0 Å². The lowest BCUT2D eigenvalue weighted by Crippen LogP contribution is -2.49. The molecule has 0 unspecified atom stereocenters. The van der Waals surface area contributed by atoms with Gasteiger partial charge in [0, 0.05) is 12.5 Å². The minimum atomic E-state index is -1.22. The van der Waals surface area contributed by atoms with Crippen molar-refractivity contribution in [1.82, 2.24) is 9.97 Å². The molecule has 0 saturated heterocycles. The van der Waals surface area contributed by atoms with Crippen LogP contribution in [0.25, 0.3) is 0 Å². The molecule has 0 atom stereocenters. The Morgan fingerprint density at radius 3 is 2.33 bits per heavy atom. The molecule has 7 heteroatoms. The minimum Gasteiger partial charge on any atom is -0.394 e. The SMILES string of the molecule is CCCc1nc(Cl)cc(NC(CO)(CO)CO)n1. The van der Waals surface area contributed by atoms with Crippen molar-refractivity contribution >= 4 is 17.4 Å². The first-order chi connectivity index (χ1) is 8.59. The smallest absolute Gasteiger partial charge is 0.134 e. The molecule has 0 fully saturated rings. The van der Waals surface area contributed by atoms with E-state index in [1.54, 1.807) is 0 Å². The standard InChI is InChI=1S/C11H18ClN3O3/c1-2-3-9-13-8(12)4-10(14-9)15-11(5-16,6-17)7-18/h4,16-18H,2-3,5-7H2,1H3,(H,13,14,15). The molecule has 0 radical (unpaired) electrons. The van der Waals surface area contributed by atoms with E-state index in [0.717, 1.165) is 6.42 Å². The third kappa shape index (κ3) is 3.78. The van der Waals surface area contributed by atoms with Crippen LogP contribution in [-0.4, -0.2) is 50.6 Å². The van der Waals surface area contributed by atoms with Gasteiger partial charge >= 0.3 is 0 Å². The summed E-state index contributed by atoms with van der Waals surface area (Å²) in [6.45, 7) is 0.719. The van der Waals surface area contributed by atoms with Crippen LogP contribution in [-0.2, 0) is 6.42 Å². The summed E-state index contributed by atoms with van der Waals surface area (Å²) in [5.74, 6) is 0.950. The van der Waals surface area contributed by atoms with E-state index in [0.29, 0.717) is 18.1 Å². The molecule has 0 saturated carbocycles. The van der Waals surface area contributed by atoms with Crippen LogP contribution in [0.1, 0.15) is 19.2 Å². The molecule has 0 aromatic carbocycles. The Morgan fingerprint density at radius 1 is 1.22 bits per heavy atom. The maximum Gasteiger partial charge on any atom is 0.134 e. The van der Waals surface area contributed by atoms with Crippen LogP contribution in [0.4, 0.5) is 5.82 Å². The Hall–Kier alpha value is -0.950. The molecule has 1 aromatic heterocycles. The van der Waals surface area contributed by atoms with Crippen molar-refractivity contribution in [3.63, 3.8) is 0 Å². The largest absolute Gasteiger partial charge is 0.394 e. The number of aromatic nitrogens is 2. The molecule has 6 nitrogen and oxygen atoms in total. The zero-order valence-corrected chi connectivity index (χ0v) is 11.0. The molecule has 1 heterocycles. The van der Waals surface area contributed by atoms with Crippen LogP contribution in [0, 0.1) is 0 Å². The van der Waals surface area contributed by atoms with Crippen molar-refractivity contribution in [3.05, 3.63) is 17.0 Å². The molecule has 0 aliphatic carbocycles. The fourth-order valence-corrected chi connectivity index (χ4v) is 1.61. The van der Waals surface area contributed by atoms with Gasteiger partial charge in [0.2, 0.25) is 0 Å². The number of aryl methyl sites for hydroxylation is 1. The molecule has 0 spiro atoms. The van der Waals surface area contributed by atoms with Crippen LogP contribution in [0.2, 0.25) is 5.15 Å². The molecular formula is C11H18ClN3O3. The topological polar surface area (TPSA) is 98.5 Å². The number of aliphatic hydroxyl groups excluding tert-OH is 3. The Balaban J connectivity index is 2.95. The normalized spacial score (nSPS) is 11.6. The number of halogens is 1. The number of anilines is 1. The highest BCUT2D eigenvalue weighted by atomic mass is 35.5. The van der Waals surface area contributed by atoms with Crippen molar-refractivity contribution in [2.24, 2.45) is 0 Å². The molecule has 1 rings (SSSR count). The number of nitrogens with one attached hydrogen (secondary N) is 1. The third-order valence-electron chi connectivity index (χ3n) is 2.52. The molecule has 0 amide bonds. The maximum atomic E-state index is 9.22. The van der Waals surface area contributed by atoms with Crippen LogP contribution in [0.3, 0.4) is 0 Å². The highest BCUT2D eigenvalue weighted by Crippen LogP contribution is 2.17. The summed E-state index contributed by atoms with van der Waals surface area (Å²) in [6.07, 6.45) is 1.56. The monoisotopic (exact) mass is 275 g/mol. The lowest BCUT2D eigenvalue weighted by atomic mass is 10.0. The molecule has 0 bridgehead atoms. The zero-order chi connectivity index (χ0) is 13.6. The second-order valence-corrected chi connectivity index (χ2v) is 4.51. The summed E-state index contributed by atoms with van der Waals surface area (Å²) in [6, 6.07) is 1.48. The lowest BCUT2D eigenvalue weighted by molar-refractivity contribution is 0.0831. The van der Waals surface area contributed by atoms with Crippen LogP contribution in [0.15, 0.2) is 6.07 Å². The van der Waals surface area contributed by atoms with Gasteiger partial charge in [0.25, 0.3) is 0 Å². The van der Waals surface area contributed by atoms with Crippen LogP contribution >= 0.6 is 11.6 Å². The first kappa shape index (κ1) is 15.1. The van der Waals surface area contributed by atoms with Crippen molar-refractivity contribution < 1.29 is 15.3 Å². The Kier molecular flexibility index (Phi) is 5.74. The van der Waals surface area contributed by atoms with E-state index in [1.807, 2.05) is 6.92 Å². The van der Waals surface area contributed by atoms with Crippen molar-refractivity contribution in [3.8, 4) is 0 Å². The Morgan fingerprint density at radius 2 is 1.83 bits per heavy atom. The molecule has 1 aromatic rings.